The molecule has 1 aliphatic rings. The van der Waals surface area contributed by atoms with Gasteiger partial charge in [0.15, 0.2) is 0 Å². The lowest BCUT2D eigenvalue weighted by Gasteiger charge is -2.17. The SMILES string of the molecule is CC1(C)CCC(c2cccc(B(O)O)c2)C1. The Hall–Kier alpha value is -0.795. The minimum Gasteiger partial charge on any atom is -0.423 e. The summed E-state index contributed by atoms with van der Waals surface area (Å²) in [6.07, 6.45) is 3.65. The lowest BCUT2D eigenvalue weighted by Crippen LogP contribution is -2.30. The van der Waals surface area contributed by atoms with Crippen molar-refractivity contribution in [3.63, 3.8) is 0 Å². The quantitative estimate of drug-likeness (QED) is 0.741. The molecule has 0 spiro atoms. The normalized spacial score (nSPS) is 23.4. The van der Waals surface area contributed by atoms with Gasteiger partial charge in [0, 0.05) is 0 Å². The Bertz CT molecular complexity index is 374. The monoisotopic (exact) mass is 218 g/mol. The predicted molar refractivity (Wildman–Crippen MR) is 66.6 cm³/mol. The standard InChI is InChI=1S/C13H19BO2/c1-13(2)7-6-11(9-13)10-4-3-5-12(8-10)14(15)16/h3-5,8,11,15-16H,6-7,9H2,1-2H3. The topological polar surface area (TPSA) is 40.5 Å². The Labute approximate surface area is 97.5 Å². The highest BCUT2D eigenvalue weighted by atomic mass is 16.4. The van der Waals surface area contributed by atoms with Gasteiger partial charge in [-0.05, 0) is 41.6 Å². The molecule has 1 fully saturated rings. The molecule has 0 radical (unpaired) electrons. The summed E-state index contributed by atoms with van der Waals surface area (Å²) in [6, 6.07) is 7.69. The van der Waals surface area contributed by atoms with Crippen molar-refractivity contribution >= 4 is 12.6 Å². The van der Waals surface area contributed by atoms with Crippen molar-refractivity contribution in [3.05, 3.63) is 29.8 Å². The van der Waals surface area contributed by atoms with Crippen LogP contribution in [-0.2, 0) is 0 Å². The van der Waals surface area contributed by atoms with Gasteiger partial charge in [0.25, 0.3) is 0 Å². The summed E-state index contributed by atoms with van der Waals surface area (Å²) in [4.78, 5) is 0. The number of rotatable bonds is 2. The van der Waals surface area contributed by atoms with Crippen LogP contribution in [0.5, 0.6) is 0 Å². The van der Waals surface area contributed by atoms with Crippen LogP contribution in [0.15, 0.2) is 24.3 Å². The second kappa shape index (κ2) is 4.23. The van der Waals surface area contributed by atoms with Crippen LogP contribution >= 0.6 is 0 Å². The maximum atomic E-state index is 9.15. The molecule has 2 N–H and O–H groups in total. The van der Waals surface area contributed by atoms with Crippen LogP contribution in [0.4, 0.5) is 0 Å². The summed E-state index contributed by atoms with van der Waals surface area (Å²) in [7, 11) is -1.35. The number of hydrogen-bond donors (Lipinski definition) is 2. The van der Waals surface area contributed by atoms with Gasteiger partial charge in [0.2, 0.25) is 0 Å². The summed E-state index contributed by atoms with van der Waals surface area (Å²) in [5, 5.41) is 18.3. The Kier molecular flexibility index (Phi) is 3.09. The van der Waals surface area contributed by atoms with Gasteiger partial charge in [0.05, 0.1) is 0 Å². The Morgan fingerprint density at radius 1 is 1.31 bits per heavy atom. The van der Waals surface area contributed by atoms with E-state index in [0.717, 1.165) is 0 Å². The smallest absolute Gasteiger partial charge is 0.423 e. The molecule has 1 aromatic rings. The molecule has 1 aromatic carbocycles. The van der Waals surface area contributed by atoms with E-state index in [4.69, 9.17) is 10.0 Å². The van der Waals surface area contributed by atoms with E-state index in [1.165, 1.54) is 24.8 Å². The van der Waals surface area contributed by atoms with E-state index in [-0.39, 0.29) is 0 Å². The van der Waals surface area contributed by atoms with Crippen molar-refractivity contribution in [3.8, 4) is 0 Å². The average molecular weight is 218 g/mol. The van der Waals surface area contributed by atoms with Crippen molar-refractivity contribution in [1.82, 2.24) is 0 Å². The lowest BCUT2D eigenvalue weighted by atomic mass is 9.78. The second-order valence-corrected chi connectivity index (χ2v) is 5.65. The molecule has 0 aromatic heterocycles. The molecule has 2 rings (SSSR count). The van der Waals surface area contributed by atoms with Gasteiger partial charge in [-0.25, -0.2) is 0 Å². The van der Waals surface area contributed by atoms with Gasteiger partial charge in [-0.1, -0.05) is 38.1 Å². The van der Waals surface area contributed by atoms with Crippen LogP contribution < -0.4 is 5.46 Å². The molecule has 0 bridgehead atoms. The largest absolute Gasteiger partial charge is 0.488 e. The van der Waals surface area contributed by atoms with Crippen molar-refractivity contribution < 1.29 is 10.0 Å². The first-order chi connectivity index (χ1) is 7.48. The highest BCUT2D eigenvalue weighted by Gasteiger charge is 2.31. The zero-order valence-electron chi connectivity index (χ0n) is 9.98. The predicted octanol–water partition coefficient (Wildman–Crippen LogP) is 1.66. The third-order valence-corrected chi connectivity index (χ3v) is 3.65. The summed E-state index contributed by atoms with van der Waals surface area (Å²) in [5.74, 6) is 0.577. The van der Waals surface area contributed by atoms with Crippen LogP contribution in [0.2, 0.25) is 0 Å². The highest BCUT2D eigenvalue weighted by Crippen LogP contribution is 2.45. The van der Waals surface area contributed by atoms with Crippen LogP contribution in [0.3, 0.4) is 0 Å². The maximum absolute atomic E-state index is 9.15. The zero-order valence-corrected chi connectivity index (χ0v) is 9.98. The average Bonchev–Trinajstić information content (AvgIpc) is 2.59. The molecule has 2 nitrogen and oxygen atoms in total. The van der Waals surface area contributed by atoms with Gasteiger partial charge >= 0.3 is 7.12 Å². The molecule has 1 atom stereocenters. The van der Waals surface area contributed by atoms with Crippen molar-refractivity contribution in [2.75, 3.05) is 0 Å². The summed E-state index contributed by atoms with van der Waals surface area (Å²) >= 11 is 0. The van der Waals surface area contributed by atoms with Crippen LogP contribution in [0, 0.1) is 5.41 Å². The molecule has 1 unspecified atom stereocenters. The maximum Gasteiger partial charge on any atom is 0.488 e. The minimum atomic E-state index is -1.35. The first-order valence-electron chi connectivity index (χ1n) is 5.94. The molecule has 0 aliphatic heterocycles. The molecule has 0 saturated heterocycles. The summed E-state index contributed by atoms with van der Waals surface area (Å²) < 4.78 is 0. The fraction of sp³-hybridized carbons (Fsp3) is 0.538. The molecule has 0 heterocycles. The summed E-state index contributed by atoms with van der Waals surface area (Å²) in [6.45, 7) is 4.61. The second-order valence-electron chi connectivity index (χ2n) is 5.65. The molecule has 1 saturated carbocycles. The van der Waals surface area contributed by atoms with E-state index < -0.39 is 7.12 Å². The van der Waals surface area contributed by atoms with E-state index in [0.29, 0.717) is 16.8 Å². The third-order valence-electron chi connectivity index (χ3n) is 3.65. The van der Waals surface area contributed by atoms with Crippen molar-refractivity contribution in [2.24, 2.45) is 5.41 Å². The number of hydrogen-bond acceptors (Lipinski definition) is 2. The third kappa shape index (κ3) is 2.47. The van der Waals surface area contributed by atoms with Gasteiger partial charge < -0.3 is 10.0 Å². The fourth-order valence-corrected chi connectivity index (χ4v) is 2.69. The van der Waals surface area contributed by atoms with E-state index in [1.807, 2.05) is 12.1 Å². The Balaban J connectivity index is 2.19. The van der Waals surface area contributed by atoms with Gasteiger partial charge in [-0.3, -0.25) is 0 Å². The molecular formula is C13H19BO2. The highest BCUT2D eigenvalue weighted by molar-refractivity contribution is 6.58. The Morgan fingerprint density at radius 3 is 2.62 bits per heavy atom. The van der Waals surface area contributed by atoms with Crippen LogP contribution in [0.25, 0.3) is 0 Å². The number of benzene rings is 1. The van der Waals surface area contributed by atoms with Crippen molar-refractivity contribution in [1.29, 1.82) is 0 Å². The summed E-state index contributed by atoms with van der Waals surface area (Å²) in [5.41, 5.74) is 2.27. The molecule has 0 amide bonds. The van der Waals surface area contributed by atoms with Gasteiger partial charge in [-0.15, -0.1) is 0 Å². The molecule has 3 heteroatoms. The van der Waals surface area contributed by atoms with E-state index in [2.05, 4.69) is 19.9 Å². The van der Waals surface area contributed by atoms with E-state index in [9.17, 15) is 0 Å². The van der Waals surface area contributed by atoms with E-state index in [1.54, 1.807) is 6.07 Å². The lowest BCUT2D eigenvalue weighted by molar-refractivity contribution is 0.376. The zero-order chi connectivity index (χ0) is 11.8. The van der Waals surface area contributed by atoms with Crippen LogP contribution in [-0.4, -0.2) is 17.2 Å². The first-order valence-corrected chi connectivity index (χ1v) is 5.94. The van der Waals surface area contributed by atoms with Crippen molar-refractivity contribution in [2.45, 2.75) is 39.0 Å². The van der Waals surface area contributed by atoms with Gasteiger partial charge in [-0.2, -0.15) is 0 Å². The van der Waals surface area contributed by atoms with Gasteiger partial charge in [0.1, 0.15) is 0 Å². The molecular weight excluding hydrogens is 199 g/mol. The Morgan fingerprint density at radius 2 is 2.06 bits per heavy atom. The van der Waals surface area contributed by atoms with E-state index >= 15 is 0 Å². The first kappa shape index (κ1) is 11.7. The fourth-order valence-electron chi connectivity index (χ4n) is 2.69. The van der Waals surface area contributed by atoms with Crippen LogP contribution in [0.1, 0.15) is 44.6 Å². The minimum absolute atomic E-state index is 0.429. The molecule has 86 valence electrons. The molecule has 16 heavy (non-hydrogen) atoms. The molecule has 1 aliphatic carbocycles.